The summed E-state index contributed by atoms with van der Waals surface area (Å²) in [7, 11) is 1.59. The molecule has 0 bridgehead atoms. The van der Waals surface area contributed by atoms with Crippen LogP contribution in [0.5, 0.6) is 17.4 Å². The third-order valence-electron chi connectivity index (χ3n) is 4.98. The van der Waals surface area contributed by atoms with Crippen molar-refractivity contribution in [1.82, 2.24) is 14.5 Å². The zero-order valence-electron chi connectivity index (χ0n) is 17.9. The van der Waals surface area contributed by atoms with Crippen LogP contribution in [0.2, 0.25) is 0 Å². The molecular formula is C24H18N4O4S2. The van der Waals surface area contributed by atoms with Gasteiger partial charge in [0.15, 0.2) is 0 Å². The molecule has 8 nitrogen and oxygen atoms in total. The minimum absolute atomic E-state index is 0.196. The Bertz CT molecular complexity index is 1510. The number of aromatic nitrogens is 3. The number of thiophene rings is 2. The number of nitrogens with one attached hydrogen (secondary N) is 1. The van der Waals surface area contributed by atoms with Gasteiger partial charge < -0.3 is 14.8 Å². The van der Waals surface area contributed by atoms with E-state index in [1.807, 2.05) is 22.9 Å². The number of fused-ring (bicyclic) bond motifs is 1. The Balaban J connectivity index is 1.36. The Morgan fingerprint density at radius 1 is 1.06 bits per heavy atom. The van der Waals surface area contributed by atoms with E-state index in [4.69, 9.17) is 9.47 Å². The number of anilines is 1. The highest BCUT2D eigenvalue weighted by Crippen LogP contribution is 2.33. The largest absolute Gasteiger partial charge is 0.497 e. The van der Waals surface area contributed by atoms with Gasteiger partial charge in [-0.3, -0.25) is 14.2 Å². The van der Waals surface area contributed by atoms with Gasteiger partial charge in [-0.05, 0) is 47.8 Å². The van der Waals surface area contributed by atoms with Crippen molar-refractivity contribution in [3.63, 3.8) is 0 Å². The van der Waals surface area contributed by atoms with Gasteiger partial charge in [-0.2, -0.15) is 0 Å². The SMILES string of the molecule is COc1ccc(Oc2ncccc2NC(=O)Cn2cnc3scc(-c4cccs4)c3c2=O)cc1. The number of ether oxygens (including phenoxy) is 2. The molecule has 0 atom stereocenters. The summed E-state index contributed by atoms with van der Waals surface area (Å²) in [5, 5.41) is 7.18. The first-order valence-corrected chi connectivity index (χ1v) is 12.0. The van der Waals surface area contributed by atoms with Gasteiger partial charge in [-0.25, -0.2) is 9.97 Å². The van der Waals surface area contributed by atoms with Crippen molar-refractivity contribution >= 4 is 44.5 Å². The van der Waals surface area contributed by atoms with Crippen LogP contribution in [-0.2, 0) is 11.3 Å². The van der Waals surface area contributed by atoms with Crippen molar-refractivity contribution in [1.29, 1.82) is 0 Å². The van der Waals surface area contributed by atoms with Gasteiger partial charge in [-0.15, -0.1) is 22.7 Å². The average molecular weight is 491 g/mol. The third-order valence-corrected chi connectivity index (χ3v) is 6.77. The molecule has 0 aliphatic heterocycles. The highest BCUT2D eigenvalue weighted by molar-refractivity contribution is 7.18. The van der Waals surface area contributed by atoms with Crippen molar-refractivity contribution in [2.75, 3.05) is 12.4 Å². The number of hydrogen-bond donors (Lipinski definition) is 1. The number of carbonyl (C=O) groups is 1. The summed E-state index contributed by atoms with van der Waals surface area (Å²) in [6.07, 6.45) is 2.97. The van der Waals surface area contributed by atoms with E-state index in [-0.39, 0.29) is 18.0 Å². The van der Waals surface area contributed by atoms with Crippen molar-refractivity contribution < 1.29 is 14.3 Å². The van der Waals surface area contributed by atoms with Crippen LogP contribution in [0.15, 0.2) is 76.6 Å². The Labute approximate surface area is 202 Å². The molecule has 1 aromatic carbocycles. The summed E-state index contributed by atoms with van der Waals surface area (Å²) >= 11 is 2.96. The maximum atomic E-state index is 13.2. The maximum Gasteiger partial charge on any atom is 0.263 e. The Morgan fingerprint density at radius 2 is 1.88 bits per heavy atom. The number of carbonyl (C=O) groups excluding carboxylic acids is 1. The van der Waals surface area contributed by atoms with Crippen LogP contribution in [0.3, 0.4) is 0 Å². The monoisotopic (exact) mass is 490 g/mol. The molecule has 4 heterocycles. The number of hydrogen-bond acceptors (Lipinski definition) is 8. The summed E-state index contributed by atoms with van der Waals surface area (Å²) in [4.78, 5) is 36.2. The van der Waals surface area contributed by atoms with Gasteiger partial charge in [-0.1, -0.05) is 6.07 Å². The highest BCUT2D eigenvalue weighted by atomic mass is 32.1. The number of nitrogens with zero attached hydrogens (tertiary/aromatic N) is 3. The number of rotatable bonds is 7. The highest BCUT2D eigenvalue weighted by Gasteiger charge is 2.16. The van der Waals surface area contributed by atoms with E-state index in [1.54, 1.807) is 61.0 Å². The van der Waals surface area contributed by atoms with E-state index in [0.29, 0.717) is 27.4 Å². The predicted molar refractivity (Wildman–Crippen MR) is 133 cm³/mol. The molecule has 10 heteroatoms. The van der Waals surface area contributed by atoms with E-state index in [2.05, 4.69) is 15.3 Å². The second-order valence-corrected chi connectivity index (χ2v) is 8.97. The quantitative estimate of drug-likeness (QED) is 0.344. The van der Waals surface area contributed by atoms with Gasteiger partial charge in [0, 0.05) is 22.0 Å². The molecule has 4 aromatic heterocycles. The zero-order valence-corrected chi connectivity index (χ0v) is 19.6. The summed E-state index contributed by atoms with van der Waals surface area (Å²) in [5.41, 5.74) is 0.968. The van der Waals surface area contributed by atoms with Crippen molar-refractivity contribution in [3.8, 4) is 27.8 Å². The molecule has 0 saturated carbocycles. The minimum atomic E-state index is -0.399. The van der Waals surface area contributed by atoms with Crippen LogP contribution < -0.4 is 20.3 Å². The van der Waals surface area contributed by atoms with Crippen LogP contribution >= 0.6 is 22.7 Å². The van der Waals surface area contributed by atoms with Crippen LogP contribution in [-0.4, -0.2) is 27.6 Å². The Kier molecular flexibility index (Phi) is 6.07. The maximum absolute atomic E-state index is 13.2. The van der Waals surface area contributed by atoms with Crippen molar-refractivity contribution in [2.45, 2.75) is 6.54 Å². The smallest absolute Gasteiger partial charge is 0.263 e. The number of methoxy groups -OCH3 is 1. The fourth-order valence-corrected chi connectivity index (χ4v) is 5.08. The van der Waals surface area contributed by atoms with Crippen LogP contribution in [0, 0.1) is 0 Å². The predicted octanol–water partition coefficient (Wildman–Crippen LogP) is 5.02. The normalized spacial score (nSPS) is 10.9. The van der Waals surface area contributed by atoms with Gasteiger partial charge in [0.1, 0.15) is 28.6 Å². The summed E-state index contributed by atoms with van der Waals surface area (Å²) in [6.45, 7) is -0.196. The van der Waals surface area contributed by atoms with Crippen molar-refractivity contribution in [2.24, 2.45) is 0 Å². The summed E-state index contributed by atoms with van der Waals surface area (Å²) in [5.74, 6) is 1.08. The minimum Gasteiger partial charge on any atom is -0.497 e. The lowest BCUT2D eigenvalue weighted by atomic mass is 10.2. The Hall–Kier alpha value is -4.02. The summed E-state index contributed by atoms with van der Waals surface area (Å²) < 4.78 is 12.3. The van der Waals surface area contributed by atoms with E-state index < -0.39 is 5.91 Å². The van der Waals surface area contributed by atoms with E-state index in [0.717, 1.165) is 10.4 Å². The zero-order chi connectivity index (χ0) is 23.5. The first-order valence-electron chi connectivity index (χ1n) is 10.2. The molecule has 1 N–H and O–H groups in total. The van der Waals surface area contributed by atoms with Gasteiger partial charge >= 0.3 is 0 Å². The van der Waals surface area contributed by atoms with Crippen molar-refractivity contribution in [3.05, 3.63) is 82.2 Å². The van der Waals surface area contributed by atoms with Crippen LogP contribution in [0.25, 0.3) is 20.7 Å². The lowest BCUT2D eigenvalue weighted by Gasteiger charge is -2.12. The van der Waals surface area contributed by atoms with Gasteiger partial charge in [0.2, 0.25) is 11.8 Å². The molecule has 0 aliphatic rings. The molecule has 5 aromatic rings. The molecule has 34 heavy (non-hydrogen) atoms. The molecule has 5 rings (SSSR count). The van der Waals surface area contributed by atoms with E-state index in [9.17, 15) is 9.59 Å². The number of benzene rings is 1. The fraction of sp³-hybridized carbons (Fsp3) is 0.0833. The topological polar surface area (TPSA) is 95.3 Å². The molecular weight excluding hydrogens is 472 g/mol. The van der Waals surface area contributed by atoms with Crippen LogP contribution in [0.1, 0.15) is 0 Å². The molecule has 1 amide bonds. The molecule has 0 radical (unpaired) electrons. The average Bonchev–Trinajstić information content (AvgIpc) is 3.53. The molecule has 0 fully saturated rings. The first kappa shape index (κ1) is 21.8. The first-order chi connectivity index (χ1) is 16.6. The number of pyridine rings is 1. The second-order valence-electron chi connectivity index (χ2n) is 7.17. The summed E-state index contributed by atoms with van der Waals surface area (Å²) in [6, 6.07) is 14.3. The molecule has 0 aliphatic carbocycles. The Morgan fingerprint density at radius 3 is 2.65 bits per heavy atom. The standard InChI is InChI=1S/C24H18N4O4S2/c1-31-15-6-8-16(9-7-15)32-22-18(4-2-10-25-22)27-20(29)12-28-14-26-23-21(24(28)30)17(13-34-23)19-5-3-11-33-19/h2-11,13-14H,12H2,1H3,(H,27,29). The third kappa shape index (κ3) is 4.41. The lowest BCUT2D eigenvalue weighted by molar-refractivity contribution is -0.116. The molecule has 0 saturated heterocycles. The van der Waals surface area contributed by atoms with E-state index >= 15 is 0 Å². The second kappa shape index (κ2) is 9.46. The van der Waals surface area contributed by atoms with Gasteiger partial charge in [0.05, 0.1) is 18.8 Å². The number of amides is 1. The lowest BCUT2D eigenvalue weighted by Crippen LogP contribution is -2.28. The molecule has 0 unspecified atom stereocenters. The van der Waals surface area contributed by atoms with Crippen LogP contribution in [0.4, 0.5) is 5.69 Å². The fourth-order valence-electron chi connectivity index (χ4n) is 3.36. The van der Waals surface area contributed by atoms with E-state index in [1.165, 1.54) is 22.2 Å². The molecule has 0 spiro atoms. The molecule has 170 valence electrons. The van der Waals surface area contributed by atoms with Gasteiger partial charge in [0.25, 0.3) is 5.56 Å².